The van der Waals surface area contributed by atoms with Crippen LogP contribution < -0.4 is 5.32 Å². The molecule has 1 amide bonds. The normalized spacial score (nSPS) is 10.9. The Morgan fingerprint density at radius 3 is 2.41 bits per heavy atom. The van der Waals surface area contributed by atoms with Gasteiger partial charge in [-0.1, -0.05) is 30.3 Å². The molecule has 0 radical (unpaired) electrons. The smallest absolute Gasteiger partial charge is 0.412 e. The first-order chi connectivity index (χ1) is 10.4. The number of carbonyl (C=O) groups is 2. The minimum absolute atomic E-state index is 0.209. The Balaban J connectivity index is 2.24. The molecule has 2 rings (SSSR count). The molecule has 1 aromatic heterocycles. The van der Waals surface area contributed by atoms with Gasteiger partial charge < -0.3 is 4.74 Å². The Morgan fingerprint density at radius 2 is 1.77 bits per heavy atom. The second-order valence-corrected chi connectivity index (χ2v) is 5.74. The van der Waals surface area contributed by atoms with Gasteiger partial charge >= 0.3 is 6.09 Å². The van der Waals surface area contributed by atoms with Crippen LogP contribution in [0.15, 0.2) is 48.8 Å². The number of amides is 1. The largest absolute Gasteiger partial charge is 0.444 e. The van der Waals surface area contributed by atoms with Gasteiger partial charge in [0.1, 0.15) is 5.60 Å². The molecule has 0 aliphatic rings. The minimum Gasteiger partial charge on any atom is -0.444 e. The van der Waals surface area contributed by atoms with Gasteiger partial charge in [0.2, 0.25) is 0 Å². The summed E-state index contributed by atoms with van der Waals surface area (Å²) in [4.78, 5) is 28.3. The molecule has 0 unspecified atom stereocenters. The topological polar surface area (TPSA) is 68.3 Å². The molecule has 0 bridgehead atoms. The lowest BCUT2D eigenvalue weighted by molar-refractivity contribution is 0.0636. The fourth-order valence-electron chi connectivity index (χ4n) is 1.84. The number of ether oxygens (including phenoxy) is 1. The fraction of sp³-hybridized carbons (Fsp3) is 0.235. The molecular weight excluding hydrogens is 280 g/mol. The molecule has 0 spiro atoms. The highest BCUT2D eigenvalue weighted by molar-refractivity contribution is 6.13. The first kappa shape index (κ1) is 15.7. The van der Waals surface area contributed by atoms with Gasteiger partial charge in [-0.25, -0.2) is 4.79 Å². The predicted molar refractivity (Wildman–Crippen MR) is 84.0 cm³/mol. The third kappa shape index (κ3) is 4.15. The van der Waals surface area contributed by atoms with Crippen LogP contribution in [0.4, 0.5) is 10.5 Å². The Kier molecular flexibility index (Phi) is 4.56. The zero-order valence-corrected chi connectivity index (χ0v) is 12.8. The quantitative estimate of drug-likeness (QED) is 0.878. The van der Waals surface area contributed by atoms with Crippen molar-refractivity contribution in [2.45, 2.75) is 26.4 Å². The number of benzene rings is 1. The Morgan fingerprint density at radius 1 is 1.09 bits per heavy atom. The number of nitrogens with one attached hydrogen (secondary N) is 1. The van der Waals surface area contributed by atoms with E-state index in [4.69, 9.17) is 4.74 Å². The molecule has 5 nitrogen and oxygen atoms in total. The van der Waals surface area contributed by atoms with Crippen molar-refractivity contribution in [2.24, 2.45) is 0 Å². The van der Waals surface area contributed by atoms with Crippen LogP contribution in [0.5, 0.6) is 0 Å². The van der Waals surface area contributed by atoms with Gasteiger partial charge in [-0.2, -0.15) is 0 Å². The summed E-state index contributed by atoms with van der Waals surface area (Å²) in [5, 5.41) is 2.60. The lowest BCUT2D eigenvalue weighted by Crippen LogP contribution is -2.27. The van der Waals surface area contributed by atoms with Crippen molar-refractivity contribution >= 4 is 17.6 Å². The first-order valence-electron chi connectivity index (χ1n) is 6.90. The zero-order valence-electron chi connectivity index (χ0n) is 12.8. The monoisotopic (exact) mass is 298 g/mol. The van der Waals surface area contributed by atoms with E-state index < -0.39 is 11.7 Å². The maximum atomic E-state index is 12.5. The van der Waals surface area contributed by atoms with Crippen LogP contribution in [0.2, 0.25) is 0 Å². The molecule has 1 aromatic carbocycles. The number of hydrogen-bond donors (Lipinski definition) is 1. The standard InChI is InChI=1S/C17H18N2O3/c1-17(2,3)22-16(21)19-14-9-10-18-11-13(14)15(20)12-7-5-4-6-8-12/h4-11H,1-3H3,(H,18,19,21). The van der Waals surface area contributed by atoms with Crippen LogP contribution in [0, 0.1) is 0 Å². The molecule has 1 heterocycles. The number of pyridine rings is 1. The molecule has 0 saturated heterocycles. The fourth-order valence-corrected chi connectivity index (χ4v) is 1.84. The van der Waals surface area contributed by atoms with Crippen LogP contribution in [0.1, 0.15) is 36.7 Å². The van der Waals surface area contributed by atoms with Crippen LogP contribution in [0.3, 0.4) is 0 Å². The third-order valence-electron chi connectivity index (χ3n) is 2.74. The maximum absolute atomic E-state index is 12.5. The third-order valence-corrected chi connectivity index (χ3v) is 2.74. The van der Waals surface area contributed by atoms with Gasteiger partial charge in [-0.3, -0.25) is 15.1 Å². The summed E-state index contributed by atoms with van der Waals surface area (Å²) < 4.78 is 5.20. The Labute approximate surface area is 129 Å². The first-order valence-corrected chi connectivity index (χ1v) is 6.90. The van der Waals surface area contributed by atoms with Gasteiger partial charge in [0.05, 0.1) is 11.3 Å². The number of rotatable bonds is 3. The van der Waals surface area contributed by atoms with Crippen LogP contribution in [-0.4, -0.2) is 22.5 Å². The SMILES string of the molecule is CC(C)(C)OC(=O)Nc1ccncc1C(=O)c1ccccc1. The van der Waals surface area contributed by atoms with Gasteiger partial charge in [-0.05, 0) is 26.8 Å². The second-order valence-electron chi connectivity index (χ2n) is 5.74. The minimum atomic E-state index is -0.610. The van der Waals surface area contributed by atoms with Crippen molar-refractivity contribution in [2.75, 3.05) is 5.32 Å². The van der Waals surface area contributed by atoms with E-state index in [-0.39, 0.29) is 5.78 Å². The van der Waals surface area contributed by atoms with E-state index in [0.717, 1.165) is 0 Å². The number of hydrogen-bond acceptors (Lipinski definition) is 4. The maximum Gasteiger partial charge on any atom is 0.412 e. The van der Waals surface area contributed by atoms with E-state index in [1.54, 1.807) is 51.1 Å². The molecule has 0 atom stereocenters. The Hall–Kier alpha value is -2.69. The van der Waals surface area contributed by atoms with Crippen molar-refractivity contribution in [3.63, 3.8) is 0 Å². The van der Waals surface area contributed by atoms with Crippen molar-refractivity contribution < 1.29 is 14.3 Å². The molecule has 22 heavy (non-hydrogen) atoms. The summed E-state index contributed by atoms with van der Waals surface area (Å²) in [7, 11) is 0. The van der Waals surface area contributed by atoms with E-state index in [1.807, 2.05) is 6.07 Å². The molecule has 0 aliphatic heterocycles. The summed E-state index contributed by atoms with van der Waals surface area (Å²) in [6.45, 7) is 5.32. The van der Waals surface area contributed by atoms with Gasteiger partial charge in [0.25, 0.3) is 0 Å². The second kappa shape index (κ2) is 6.39. The van der Waals surface area contributed by atoms with Crippen molar-refractivity contribution in [3.05, 3.63) is 59.9 Å². The summed E-state index contributed by atoms with van der Waals surface area (Å²) in [5.41, 5.74) is 0.612. The molecule has 0 aliphatic carbocycles. The van der Waals surface area contributed by atoms with E-state index in [1.165, 1.54) is 12.4 Å². The van der Waals surface area contributed by atoms with E-state index >= 15 is 0 Å². The lowest BCUT2D eigenvalue weighted by Gasteiger charge is -2.20. The molecule has 0 saturated carbocycles. The summed E-state index contributed by atoms with van der Waals surface area (Å²) >= 11 is 0. The molecular formula is C17H18N2O3. The molecule has 114 valence electrons. The van der Waals surface area contributed by atoms with Crippen molar-refractivity contribution in [3.8, 4) is 0 Å². The molecule has 5 heteroatoms. The van der Waals surface area contributed by atoms with E-state index in [2.05, 4.69) is 10.3 Å². The summed E-state index contributed by atoms with van der Waals surface area (Å²) in [5.74, 6) is -0.209. The predicted octanol–water partition coefficient (Wildman–Crippen LogP) is 3.66. The number of ketones is 1. The number of aromatic nitrogens is 1. The highest BCUT2D eigenvalue weighted by atomic mass is 16.6. The van der Waals surface area contributed by atoms with Gasteiger partial charge in [0, 0.05) is 18.0 Å². The average Bonchev–Trinajstić information content (AvgIpc) is 2.46. The van der Waals surface area contributed by atoms with E-state index in [9.17, 15) is 9.59 Å². The van der Waals surface area contributed by atoms with E-state index in [0.29, 0.717) is 16.8 Å². The van der Waals surface area contributed by atoms with Gasteiger partial charge in [0.15, 0.2) is 5.78 Å². The van der Waals surface area contributed by atoms with Crippen molar-refractivity contribution in [1.29, 1.82) is 0 Å². The molecule has 1 N–H and O–H groups in total. The van der Waals surface area contributed by atoms with Crippen molar-refractivity contribution in [1.82, 2.24) is 4.98 Å². The Bertz CT molecular complexity index is 676. The number of carbonyl (C=O) groups excluding carboxylic acids is 2. The van der Waals surface area contributed by atoms with Gasteiger partial charge in [-0.15, -0.1) is 0 Å². The highest BCUT2D eigenvalue weighted by Crippen LogP contribution is 2.19. The highest BCUT2D eigenvalue weighted by Gasteiger charge is 2.19. The molecule has 0 fully saturated rings. The van der Waals surface area contributed by atoms with Crippen LogP contribution in [0.25, 0.3) is 0 Å². The zero-order chi connectivity index (χ0) is 16.2. The number of anilines is 1. The van der Waals surface area contributed by atoms with Crippen LogP contribution >= 0.6 is 0 Å². The average molecular weight is 298 g/mol. The van der Waals surface area contributed by atoms with Crippen LogP contribution in [-0.2, 0) is 4.74 Å². The lowest BCUT2D eigenvalue weighted by atomic mass is 10.0. The molecule has 2 aromatic rings. The summed E-state index contributed by atoms with van der Waals surface area (Å²) in [6.07, 6.45) is 2.33. The number of nitrogens with zero attached hydrogens (tertiary/aromatic N) is 1. The summed E-state index contributed by atoms with van der Waals surface area (Å²) in [6, 6.07) is 10.4.